The Hall–Kier alpha value is -2.76. The van der Waals surface area contributed by atoms with Gasteiger partial charge in [0.1, 0.15) is 0 Å². The van der Waals surface area contributed by atoms with Crippen LogP contribution in [0.4, 0.5) is 5.95 Å². The van der Waals surface area contributed by atoms with Crippen molar-refractivity contribution in [3.63, 3.8) is 0 Å². The van der Waals surface area contributed by atoms with Crippen LogP contribution in [0, 0.1) is 0 Å². The third-order valence-corrected chi connectivity index (χ3v) is 5.47. The van der Waals surface area contributed by atoms with Gasteiger partial charge in [0.2, 0.25) is 5.95 Å². The van der Waals surface area contributed by atoms with Crippen molar-refractivity contribution in [3.05, 3.63) is 66.2 Å². The molecule has 5 heteroatoms. The molecule has 0 spiro atoms. The van der Waals surface area contributed by atoms with Gasteiger partial charge < -0.3 is 10.4 Å². The highest BCUT2D eigenvalue weighted by molar-refractivity contribution is 7.22. The van der Waals surface area contributed by atoms with E-state index in [4.69, 9.17) is 9.97 Å². The van der Waals surface area contributed by atoms with E-state index < -0.39 is 0 Å². The second kappa shape index (κ2) is 7.47. The molecule has 4 rings (SSSR count). The van der Waals surface area contributed by atoms with Crippen LogP contribution in [0.15, 0.2) is 60.7 Å². The molecule has 0 saturated heterocycles. The van der Waals surface area contributed by atoms with E-state index in [-0.39, 0.29) is 12.6 Å². The van der Waals surface area contributed by atoms with Crippen LogP contribution in [0.5, 0.6) is 0 Å². The van der Waals surface area contributed by atoms with Crippen LogP contribution in [0.3, 0.4) is 0 Å². The van der Waals surface area contributed by atoms with Gasteiger partial charge in [-0.25, -0.2) is 9.97 Å². The molecule has 4 aromatic rings. The first-order chi connectivity index (χ1) is 13.2. The fourth-order valence-electron chi connectivity index (χ4n) is 3.07. The molecule has 2 N–H and O–H groups in total. The molecule has 0 fully saturated rings. The minimum Gasteiger partial charge on any atom is -0.392 e. The number of anilines is 1. The number of hydrogen-bond acceptors (Lipinski definition) is 5. The van der Waals surface area contributed by atoms with E-state index in [2.05, 4.69) is 37.4 Å². The molecule has 0 aliphatic rings. The van der Waals surface area contributed by atoms with Crippen LogP contribution in [-0.2, 0) is 6.61 Å². The molecule has 2 heterocycles. The number of nitrogens with zero attached hydrogens (tertiary/aromatic N) is 2. The highest BCUT2D eigenvalue weighted by Gasteiger charge is 2.16. The SMILES string of the molecule is CC(C)Nc1nc(-c2ccccc2CO)c2sc(-c3ccccc3)cc2n1. The van der Waals surface area contributed by atoms with Crippen LogP contribution >= 0.6 is 11.3 Å². The standard InChI is InChI=1S/C22H21N3OS/c1-14(2)23-22-24-18-12-19(15-8-4-3-5-9-15)27-21(18)20(25-22)17-11-7-6-10-16(17)13-26/h3-12,14,26H,13H2,1-2H3,(H,23,24,25). The summed E-state index contributed by atoms with van der Waals surface area (Å²) in [6.45, 7) is 4.11. The maximum absolute atomic E-state index is 9.79. The van der Waals surface area contributed by atoms with E-state index in [0.29, 0.717) is 5.95 Å². The average molecular weight is 375 g/mol. The molecule has 0 aliphatic heterocycles. The molecule has 0 unspecified atom stereocenters. The van der Waals surface area contributed by atoms with Crippen LogP contribution in [-0.4, -0.2) is 21.1 Å². The van der Waals surface area contributed by atoms with Crippen LogP contribution in [0.25, 0.3) is 31.9 Å². The van der Waals surface area contributed by atoms with Crippen molar-refractivity contribution in [2.45, 2.75) is 26.5 Å². The zero-order valence-electron chi connectivity index (χ0n) is 15.3. The van der Waals surface area contributed by atoms with Crippen molar-refractivity contribution in [1.82, 2.24) is 9.97 Å². The van der Waals surface area contributed by atoms with E-state index in [1.165, 1.54) is 5.56 Å². The highest BCUT2D eigenvalue weighted by atomic mass is 32.1. The molecule has 2 aromatic heterocycles. The van der Waals surface area contributed by atoms with Gasteiger partial charge in [0.25, 0.3) is 0 Å². The van der Waals surface area contributed by atoms with Crippen molar-refractivity contribution in [1.29, 1.82) is 0 Å². The van der Waals surface area contributed by atoms with Crippen molar-refractivity contribution in [3.8, 4) is 21.7 Å². The van der Waals surface area contributed by atoms with Gasteiger partial charge in [0.05, 0.1) is 22.5 Å². The molecule has 0 saturated carbocycles. The van der Waals surface area contributed by atoms with Crippen molar-refractivity contribution in [2.75, 3.05) is 5.32 Å². The minimum absolute atomic E-state index is 0.0223. The fraction of sp³-hybridized carbons (Fsp3) is 0.182. The lowest BCUT2D eigenvalue weighted by molar-refractivity contribution is 0.282. The Balaban J connectivity index is 1.96. The molecule has 4 nitrogen and oxygen atoms in total. The van der Waals surface area contributed by atoms with Crippen molar-refractivity contribution < 1.29 is 5.11 Å². The molecule has 0 atom stereocenters. The largest absolute Gasteiger partial charge is 0.392 e. The third kappa shape index (κ3) is 3.56. The van der Waals surface area contributed by atoms with Crippen LogP contribution in [0.2, 0.25) is 0 Å². The van der Waals surface area contributed by atoms with E-state index in [1.807, 2.05) is 42.5 Å². The number of fused-ring (bicyclic) bond motifs is 1. The summed E-state index contributed by atoms with van der Waals surface area (Å²) in [5.41, 5.74) is 4.75. The third-order valence-electron chi connectivity index (χ3n) is 4.29. The van der Waals surface area contributed by atoms with E-state index >= 15 is 0 Å². The molecular formula is C22H21N3OS. The molecule has 0 bridgehead atoms. The van der Waals surface area contributed by atoms with Gasteiger partial charge in [0.15, 0.2) is 0 Å². The summed E-state index contributed by atoms with van der Waals surface area (Å²) in [5.74, 6) is 0.609. The number of rotatable bonds is 5. The first-order valence-corrected chi connectivity index (χ1v) is 9.80. The lowest BCUT2D eigenvalue weighted by atomic mass is 10.0. The predicted molar refractivity (Wildman–Crippen MR) is 113 cm³/mol. The number of aromatic nitrogens is 2. The number of aliphatic hydroxyl groups excluding tert-OH is 1. The molecule has 136 valence electrons. The Labute approximate surface area is 162 Å². The second-order valence-corrected chi connectivity index (χ2v) is 7.75. The van der Waals surface area contributed by atoms with Crippen molar-refractivity contribution >= 4 is 27.5 Å². The average Bonchev–Trinajstić information content (AvgIpc) is 3.11. The quantitative estimate of drug-likeness (QED) is 0.494. The predicted octanol–water partition coefficient (Wildman–Crippen LogP) is 5.34. The molecule has 2 aromatic carbocycles. The number of benzene rings is 2. The van der Waals surface area contributed by atoms with Gasteiger partial charge in [-0.1, -0.05) is 54.6 Å². The zero-order chi connectivity index (χ0) is 18.8. The van der Waals surface area contributed by atoms with E-state index in [1.54, 1.807) is 11.3 Å². The smallest absolute Gasteiger partial charge is 0.224 e. The Morgan fingerprint density at radius 2 is 1.74 bits per heavy atom. The summed E-state index contributed by atoms with van der Waals surface area (Å²) in [6.07, 6.45) is 0. The number of nitrogens with one attached hydrogen (secondary N) is 1. The lowest BCUT2D eigenvalue weighted by Crippen LogP contribution is -2.12. The molecule has 0 aliphatic carbocycles. The zero-order valence-corrected chi connectivity index (χ0v) is 16.1. The Morgan fingerprint density at radius 1 is 1.00 bits per heavy atom. The normalized spacial score (nSPS) is 11.3. The lowest BCUT2D eigenvalue weighted by Gasteiger charge is -2.12. The summed E-state index contributed by atoms with van der Waals surface area (Å²) in [5, 5.41) is 13.1. The summed E-state index contributed by atoms with van der Waals surface area (Å²) in [4.78, 5) is 10.7. The van der Waals surface area contributed by atoms with Gasteiger partial charge >= 0.3 is 0 Å². The number of hydrogen-bond donors (Lipinski definition) is 2. The topological polar surface area (TPSA) is 58.0 Å². The highest BCUT2D eigenvalue weighted by Crippen LogP contribution is 2.39. The number of aliphatic hydroxyl groups is 1. The minimum atomic E-state index is -0.0223. The van der Waals surface area contributed by atoms with Gasteiger partial charge in [-0.05, 0) is 31.0 Å². The molecule has 0 radical (unpaired) electrons. The Bertz CT molecular complexity index is 1070. The summed E-state index contributed by atoms with van der Waals surface area (Å²) >= 11 is 1.68. The van der Waals surface area contributed by atoms with Crippen LogP contribution in [0.1, 0.15) is 19.4 Å². The molecule has 27 heavy (non-hydrogen) atoms. The maximum Gasteiger partial charge on any atom is 0.224 e. The monoisotopic (exact) mass is 375 g/mol. The van der Waals surface area contributed by atoms with Crippen molar-refractivity contribution in [2.24, 2.45) is 0 Å². The Morgan fingerprint density at radius 3 is 2.48 bits per heavy atom. The van der Waals surface area contributed by atoms with E-state index in [9.17, 15) is 5.11 Å². The fourth-order valence-corrected chi connectivity index (χ4v) is 4.17. The van der Waals surface area contributed by atoms with Gasteiger partial charge in [0, 0.05) is 16.5 Å². The summed E-state index contributed by atoms with van der Waals surface area (Å²) in [7, 11) is 0. The summed E-state index contributed by atoms with van der Waals surface area (Å²) < 4.78 is 1.03. The first-order valence-electron chi connectivity index (χ1n) is 8.98. The maximum atomic E-state index is 9.79. The summed E-state index contributed by atoms with van der Waals surface area (Å²) in [6, 6.07) is 20.5. The molecule has 0 amide bonds. The van der Waals surface area contributed by atoms with Gasteiger partial charge in [-0.2, -0.15) is 0 Å². The van der Waals surface area contributed by atoms with Gasteiger partial charge in [-0.15, -0.1) is 11.3 Å². The Kier molecular flexibility index (Phi) is 4.88. The first kappa shape index (κ1) is 17.6. The second-order valence-electron chi connectivity index (χ2n) is 6.70. The van der Waals surface area contributed by atoms with Crippen LogP contribution < -0.4 is 5.32 Å². The molecular weight excluding hydrogens is 354 g/mol. The number of thiophene rings is 1. The van der Waals surface area contributed by atoms with E-state index in [0.717, 1.165) is 31.9 Å². The van der Waals surface area contributed by atoms with Gasteiger partial charge in [-0.3, -0.25) is 0 Å².